The number of nitriles is 1. The van der Waals surface area contributed by atoms with Crippen molar-refractivity contribution in [2.24, 2.45) is 11.8 Å². The van der Waals surface area contributed by atoms with Crippen LogP contribution >= 0.6 is 0 Å². The van der Waals surface area contributed by atoms with Crippen LogP contribution in [0.2, 0.25) is 0 Å². The first-order valence-electron chi connectivity index (χ1n) is 15.3. The van der Waals surface area contributed by atoms with Crippen LogP contribution < -0.4 is 4.90 Å². The number of carbonyl (C=O) groups excluding carboxylic acids is 1. The fourth-order valence-electron chi connectivity index (χ4n) is 7.02. The number of hydrogen-bond donors (Lipinski definition) is 0. The maximum atomic E-state index is 13.1. The molecule has 0 spiro atoms. The molecular weight excluding hydrogens is 496 g/mol. The van der Waals surface area contributed by atoms with Gasteiger partial charge in [0.2, 0.25) is 5.91 Å². The highest BCUT2D eigenvalue weighted by molar-refractivity contribution is 5.81. The summed E-state index contributed by atoms with van der Waals surface area (Å²) < 4.78 is 1.99. The van der Waals surface area contributed by atoms with E-state index in [1.54, 1.807) is 0 Å². The van der Waals surface area contributed by atoms with E-state index in [4.69, 9.17) is 5.26 Å². The van der Waals surface area contributed by atoms with Crippen molar-refractivity contribution in [3.63, 3.8) is 0 Å². The topological polar surface area (TPSA) is 67.9 Å². The number of benzene rings is 1. The Kier molecular flexibility index (Phi) is 7.80. The second kappa shape index (κ2) is 11.6. The van der Waals surface area contributed by atoms with Gasteiger partial charge in [-0.15, -0.1) is 0 Å². The van der Waals surface area contributed by atoms with Crippen molar-refractivity contribution in [3.8, 4) is 17.2 Å². The van der Waals surface area contributed by atoms with Crippen LogP contribution in [-0.4, -0.2) is 70.6 Å². The van der Waals surface area contributed by atoms with Crippen molar-refractivity contribution in [2.45, 2.75) is 64.3 Å². The summed E-state index contributed by atoms with van der Waals surface area (Å²) in [6.07, 6.45) is 9.98. The van der Waals surface area contributed by atoms with Crippen molar-refractivity contribution >= 4 is 17.1 Å². The molecule has 3 fully saturated rings. The monoisotopic (exact) mass is 538 g/mol. The minimum atomic E-state index is 0.0932. The van der Waals surface area contributed by atoms with Crippen molar-refractivity contribution < 1.29 is 4.79 Å². The van der Waals surface area contributed by atoms with Crippen LogP contribution in [0.15, 0.2) is 48.8 Å². The Bertz CT molecular complexity index is 1360. The number of anilines is 1. The first kappa shape index (κ1) is 26.8. The van der Waals surface area contributed by atoms with Crippen LogP contribution in [0.3, 0.4) is 0 Å². The molecule has 7 nitrogen and oxygen atoms in total. The van der Waals surface area contributed by atoms with Gasteiger partial charge in [-0.3, -0.25) is 4.79 Å². The first-order valence-corrected chi connectivity index (χ1v) is 15.3. The molecule has 1 amide bonds. The highest BCUT2D eigenvalue weighted by Crippen LogP contribution is 2.33. The number of hydrogen-bond acceptors (Lipinski definition) is 5. The summed E-state index contributed by atoms with van der Waals surface area (Å²) in [6.45, 7) is 10.1. The molecule has 0 unspecified atom stereocenters. The number of aromatic nitrogens is 2. The Morgan fingerprint density at radius 2 is 1.70 bits per heavy atom. The molecule has 210 valence electrons. The maximum absolute atomic E-state index is 13.1. The van der Waals surface area contributed by atoms with Gasteiger partial charge < -0.3 is 14.7 Å². The second-order valence-corrected chi connectivity index (χ2v) is 12.3. The van der Waals surface area contributed by atoms with Gasteiger partial charge in [-0.25, -0.2) is 4.52 Å². The molecule has 2 aromatic heterocycles. The molecule has 1 saturated carbocycles. The van der Waals surface area contributed by atoms with Crippen molar-refractivity contribution in [2.75, 3.05) is 44.2 Å². The van der Waals surface area contributed by atoms with Crippen LogP contribution in [0.1, 0.15) is 63.9 Å². The van der Waals surface area contributed by atoms with Gasteiger partial charge in [-0.1, -0.05) is 24.3 Å². The van der Waals surface area contributed by atoms with E-state index in [-0.39, 0.29) is 17.7 Å². The van der Waals surface area contributed by atoms with E-state index in [9.17, 15) is 4.79 Å². The molecule has 4 heterocycles. The third-order valence-corrected chi connectivity index (χ3v) is 9.58. The highest BCUT2D eigenvalue weighted by Gasteiger charge is 2.31. The number of rotatable bonds is 5. The predicted molar refractivity (Wildman–Crippen MR) is 159 cm³/mol. The second-order valence-electron chi connectivity index (χ2n) is 12.3. The van der Waals surface area contributed by atoms with Gasteiger partial charge in [0.05, 0.1) is 17.3 Å². The number of piperazine rings is 1. The summed E-state index contributed by atoms with van der Waals surface area (Å²) in [5.41, 5.74) is 6.13. The van der Waals surface area contributed by atoms with Gasteiger partial charge >= 0.3 is 0 Å². The molecule has 2 aliphatic heterocycles. The molecule has 1 aromatic carbocycles. The van der Waals surface area contributed by atoms with Crippen LogP contribution in [0, 0.1) is 23.2 Å². The molecule has 6 rings (SSSR count). The molecule has 7 heteroatoms. The van der Waals surface area contributed by atoms with Crippen molar-refractivity contribution in [3.05, 3.63) is 54.4 Å². The summed E-state index contributed by atoms with van der Waals surface area (Å²) in [5, 5.41) is 13.8. The Morgan fingerprint density at radius 1 is 0.950 bits per heavy atom. The van der Waals surface area contributed by atoms with E-state index >= 15 is 0 Å². The molecule has 40 heavy (non-hydrogen) atoms. The highest BCUT2D eigenvalue weighted by atomic mass is 16.2. The number of piperidine rings is 1. The van der Waals surface area contributed by atoms with Gasteiger partial charge in [-0.05, 0) is 88.1 Å². The molecule has 1 aliphatic carbocycles. The zero-order chi connectivity index (χ0) is 27.6. The molecule has 3 aromatic rings. The van der Waals surface area contributed by atoms with Gasteiger partial charge in [0.25, 0.3) is 0 Å². The Hall–Kier alpha value is -3.37. The third-order valence-electron chi connectivity index (χ3n) is 9.58. The largest absolute Gasteiger partial charge is 0.366 e. The van der Waals surface area contributed by atoms with Crippen LogP contribution in [0.5, 0.6) is 0 Å². The molecular formula is C33H42N6O. The number of amides is 1. The number of likely N-dealkylation sites (tertiary alicyclic amines) is 1. The number of fused-ring (bicyclic) bond motifs is 1. The zero-order valence-corrected chi connectivity index (χ0v) is 24.0. The van der Waals surface area contributed by atoms with Gasteiger partial charge in [0.15, 0.2) is 0 Å². The summed E-state index contributed by atoms with van der Waals surface area (Å²) >= 11 is 0. The lowest BCUT2D eigenvalue weighted by molar-refractivity contribution is -0.137. The lowest BCUT2D eigenvalue weighted by atomic mass is 9.82. The van der Waals surface area contributed by atoms with Crippen LogP contribution in [-0.2, 0) is 4.79 Å². The van der Waals surface area contributed by atoms with Crippen LogP contribution in [0.4, 0.5) is 5.69 Å². The quantitative estimate of drug-likeness (QED) is 0.425. The summed E-state index contributed by atoms with van der Waals surface area (Å²) in [6, 6.07) is 16.5. The lowest BCUT2D eigenvalue weighted by Crippen LogP contribution is -2.50. The molecule has 1 atom stereocenters. The standard InChI is InChI=1S/C33H42N6O/c1-24(2)38-15-3-4-29(22-38)26-9-11-27(12-10-26)30-20-32-31(13-14-35-39(32)23-30)36-16-18-37(19-17-36)33(40)28-7-5-25(21-34)6-8-28/h9-14,20,23-25,28-29H,3-8,15-19,22H2,1-2H3/t25-,28-,29-/m1/s1. The molecule has 2 saturated heterocycles. The van der Waals surface area contributed by atoms with Crippen molar-refractivity contribution in [1.82, 2.24) is 19.4 Å². The van der Waals surface area contributed by atoms with Gasteiger partial charge in [-0.2, -0.15) is 10.4 Å². The van der Waals surface area contributed by atoms with Gasteiger partial charge in [0.1, 0.15) is 0 Å². The Balaban J connectivity index is 1.12. The van der Waals surface area contributed by atoms with Gasteiger partial charge in [0, 0.05) is 68.6 Å². The minimum absolute atomic E-state index is 0.0932. The van der Waals surface area contributed by atoms with Crippen molar-refractivity contribution in [1.29, 1.82) is 5.26 Å². The minimum Gasteiger partial charge on any atom is -0.366 e. The lowest BCUT2D eigenvalue weighted by Gasteiger charge is -2.38. The third kappa shape index (κ3) is 5.47. The van der Waals surface area contributed by atoms with E-state index in [2.05, 4.69) is 77.4 Å². The Morgan fingerprint density at radius 3 is 2.40 bits per heavy atom. The molecule has 0 radical (unpaired) electrons. The number of carbonyl (C=O) groups is 1. The average Bonchev–Trinajstić information content (AvgIpc) is 3.46. The molecule has 0 N–H and O–H groups in total. The van der Waals surface area contributed by atoms with E-state index in [1.807, 2.05) is 15.6 Å². The normalized spacial score (nSPS) is 24.4. The van der Waals surface area contributed by atoms with E-state index in [0.717, 1.165) is 63.9 Å². The fraction of sp³-hybridized carbons (Fsp3) is 0.545. The summed E-state index contributed by atoms with van der Waals surface area (Å²) in [5.74, 6) is 1.13. The summed E-state index contributed by atoms with van der Waals surface area (Å²) in [4.78, 5) is 20.2. The summed E-state index contributed by atoms with van der Waals surface area (Å²) in [7, 11) is 0. The molecule has 3 aliphatic rings. The number of nitrogens with zero attached hydrogens (tertiary/aromatic N) is 6. The van der Waals surface area contributed by atoms with E-state index in [0.29, 0.717) is 12.0 Å². The molecule has 0 bridgehead atoms. The first-order chi connectivity index (χ1) is 19.5. The zero-order valence-electron chi connectivity index (χ0n) is 24.0. The smallest absolute Gasteiger partial charge is 0.225 e. The average molecular weight is 539 g/mol. The van der Waals surface area contributed by atoms with E-state index < -0.39 is 0 Å². The Labute approximate surface area is 238 Å². The van der Waals surface area contributed by atoms with Crippen LogP contribution in [0.25, 0.3) is 16.6 Å². The fourth-order valence-corrected chi connectivity index (χ4v) is 7.02. The maximum Gasteiger partial charge on any atom is 0.225 e. The van der Waals surface area contributed by atoms with E-state index in [1.165, 1.54) is 41.8 Å². The predicted octanol–water partition coefficient (Wildman–Crippen LogP) is 5.57. The SMILES string of the molecule is CC(C)N1CCC[C@@H](c2ccc(-c3cc4c(N5CCN(C(=O)[C@H]6CC[C@H](C#N)CC6)CC5)ccnn4c3)cc2)C1.